The van der Waals surface area contributed by atoms with Crippen LogP contribution in [0.2, 0.25) is 0 Å². The number of hydrogen-bond donors (Lipinski definition) is 1. The van der Waals surface area contributed by atoms with Crippen LogP contribution in [0.1, 0.15) is 30.0 Å². The fourth-order valence-electron chi connectivity index (χ4n) is 3.68. The average Bonchev–Trinajstić information content (AvgIpc) is 2.64. The number of piperidine rings is 1. The van der Waals surface area contributed by atoms with Crippen molar-refractivity contribution in [1.82, 2.24) is 4.90 Å². The quantitative estimate of drug-likeness (QED) is 0.885. The van der Waals surface area contributed by atoms with Crippen LogP contribution in [-0.4, -0.2) is 43.2 Å². The van der Waals surface area contributed by atoms with Gasteiger partial charge in [-0.1, -0.05) is 30.3 Å². The predicted molar refractivity (Wildman–Crippen MR) is 101 cm³/mol. The van der Waals surface area contributed by atoms with Crippen molar-refractivity contribution in [3.05, 3.63) is 65.5 Å². The molecule has 1 aliphatic rings. The molecule has 1 aliphatic heterocycles. The smallest absolute Gasteiger partial charge is 0.307 e. The maximum atomic E-state index is 14.6. The van der Waals surface area contributed by atoms with Crippen molar-refractivity contribution in [2.45, 2.75) is 18.9 Å². The van der Waals surface area contributed by atoms with Crippen LogP contribution in [0.3, 0.4) is 0 Å². The van der Waals surface area contributed by atoms with Crippen molar-refractivity contribution in [2.24, 2.45) is 5.92 Å². The third-order valence-corrected chi connectivity index (χ3v) is 5.09. The minimum Gasteiger partial charge on any atom is -0.481 e. The van der Waals surface area contributed by atoms with Gasteiger partial charge in [-0.15, -0.1) is 0 Å². The van der Waals surface area contributed by atoms with Crippen LogP contribution in [-0.2, 0) is 4.79 Å². The number of carbonyl (C=O) groups is 1. The molecule has 0 aromatic heterocycles. The summed E-state index contributed by atoms with van der Waals surface area (Å²) in [6, 6.07) is 14.5. The zero-order chi connectivity index (χ0) is 18.7. The lowest BCUT2D eigenvalue weighted by Crippen LogP contribution is -2.41. The van der Waals surface area contributed by atoms with Gasteiger partial charge < -0.3 is 10.0 Å². The van der Waals surface area contributed by atoms with E-state index in [9.17, 15) is 14.3 Å². The standard InChI is InChI=1S/C21H25FN2O2/c1-23(2)17-11-9-15(10-12-17)20(18-7-3-4-8-19(18)22)24-13-5-6-16(14-24)21(25)26/h3-4,7-12,16,20H,5-6,13-14H2,1-2H3,(H,25,26). The number of carboxylic acids is 1. The highest BCUT2D eigenvalue weighted by Gasteiger charge is 2.32. The number of anilines is 1. The highest BCUT2D eigenvalue weighted by Crippen LogP contribution is 2.34. The van der Waals surface area contributed by atoms with E-state index in [1.165, 1.54) is 6.07 Å². The van der Waals surface area contributed by atoms with E-state index < -0.39 is 11.9 Å². The highest BCUT2D eigenvalue weighted by molar-refractivity contribution is 5.70. The molecular formula is C21H25FN2O2. The molecule has 5 heteroatoms. The Morgan fingerprint density at radius 1 is 1.19 bits per heavy atom. The predicted octanol–water partition coefficient (Wildman–Crippen LogP) is 3.78. The Balaban J connectivity index is 1.99. The van der Waals surface area contributed by atoms with Crippen LogP contribution >= 0.6 is 0 Å². The molecule has 2 unspecified atom stereocenters. The van der Waals surface area contributed by atoms with Gasteiger partial charge in [0.1, 0.15) is 5.82 Å². The molecule has 3 rings (SSSR count). The maximum Gasteiger partial charge on any atom is 0.307 e. The number of carboxylic acid groups (broad SMARTS) is 1. The second-order valence-electron chi connectivity index (χ2n) is 7.08. The summed E-state index contributed by atoms with van der Waals surface area (Å²) in [5.74, 6) is -1.43. The molecular weight excluding hydrogens is 331 g/mol. The minimum absolute atomic E-state index is 0.258. The first-order valence-corrected chi connectivity index (χ1v) is 8.96. The third kappa shape index (κ3) is 3.88. The first-order chi connectivity index (χ1) is 12.5. The molecule has 26 heavy (non-hydrogen) atoms. The maximum absolute atomic E-state index is 14.6. The van der Waals surface area contributed by atoms with E-state index in [0.717, 1.165) is 24.2 Å². The lowest BCUT2D eigenvalue weighted by Gasteiger charge is -2.37. The Kier molecular flexibility index (Phi) is 5.57. The number of halogens is 1. The van der Waals surface area contributed by atoms with Crippen molar-refractivity contribution < 1.29 is 14.3 Å². The summed E-state index contributed by atoms with van der Waals surface area (Å²) in [5, 5.41) is 9.42. The number of hydrogen-bond acceptors (Lipinski definition) is 3. The van der Waals surface area contributed by atoms with E-state index in [1.807, 2.05) is 49.3 Å². The minimum atomic E-state index is -0.773. The molecule has 1 heterocycles. The van der Waals surface area contributed by atoms with Crippen LogP contribution in [0, 0.1) is 11.7 Å². The largest absolute Gasteiger partial charge is 0.481 e. The van der Waals surface area contributed by atoms with Gasteiger partial charge >= 0.3 is 5.97 Å². The number of likely N-dealkylation sites (tertiary alicyclic amines) is 1. The van der Waals surface area contributed by atoms with Crippen LogP contribution in [0.25, 0.3) is 0 Å². The van der Waals surface area contributed by atoms with Gasteiger partial charge in [0, 0.05) is 31.9 Å². The molecule has 2 atom stereocenters. The monoisotopic (exact) mass is 356 g/mol. The third-order valence-electron chi connectivity index (χ3n) is 5.09. The Morgan fingerprint density at radius 2 is 1.88 bits per heavy atom. The number of aliphatic carboxylic acids is 1. The molecule has 2 aromatic carbocycles. The molecule has 0 bridgehead atoms. The van der Waals surface area contributed by atoms with Gasteiger partial charge in [0.25, 0.3) is 0 Å². The summed E-state index contributed by atoms with van der Waals surface area (Å²) >= 11 is 0. The molecule has 0 amide bonds. The molecule has 1 N–H and O–H groups in total. The van der Waals surface area contributed by atoms with Gasteiger partial charge in [-0.3, -0.25) is 9.69 Å². The van der Waals surface area contributed by atoms with Crippen LogP contribution in [0.5, 0.6) is 0 Å². The zero-order valence-corrected chi connectivity index (χ0v) is 15.2. The number of benzene rings is 2. The Hall–Kier alpha value is -2.40. The first-order valence-electron chi connectivity index (χ1n) is 8.96. The van der Waals surface area contributed by atoms with E-state index in [1.54, 1.807) is 12.1 Å². The Morgan fingerprint density at radius 3 is 2.50 bits per heavy atom. The fourth-order valence-corrected chi connectivity index (χ4v) is 3.68. The molecule has 1 saturated heterocycles. The molecule has 0 spiro atoms. The zero-order valence-electron chi connectivity index (χ0n) is 15.2. The summed E-state index contributed by atoms with van der Waals surface area (Å²) in [7, 11) is 3.96. The van der Waals surface area contributed by atoms with Gasteiger partial charge in [-0.25, -0.2) is 4.39 Å². The lowest BCUT2D eigenvalue weighted by atomic mass is 9.91. The molecule has 138 valence electrons. The Labute approximate surface area is 153 Å². The summed E-state index contributed by atoms with van der Waals surface area (Å²) in [6.45, 7) is 1.20. The van der Waals surface area contributed by atoms with Crippen LogP contribution in [0.15, 0.2) is 48.5 Å². The molecule has 2 aromatic rings. The number of rotatable bonds is 5. The van der Waals surface area contributed by atoms with E-state index in [4.69, 9.17) is 0 Å². The highest BCUT2D eigenvalue weighted by atomic mass is 19.1. The summed E-state index contributed by atoms with van der Waals surface area (Å²) in [4.78, 5) is 15.6. The normalized spacial score (nSPS) is 19.1. The molecule has 4 nitrogen and oxygen atoms in total. The van der Waals surface area contributed by atoms with Crippen LogP contribution in [0.4, 0.5) is 10.1 Å². The van der Waals surface area contributed by atoms with Gasteiger partial charge in [0.2, 0.25) is 0 Å². The lowest BCUT2D eigenvalue weighted by molar-refractivity contribution is -0.143. The molecule has 0 radical (unpaired) electrons. The SMILES string of the molecule is CN(C)c1ccc(C(c2ccccc2F)N2CCCC(C(=O)O)C2)cc1. The number of nitrogens with zero attached hydrogens (tertiary/aromatic N) is 2. The average molecular weight is 356 g/mol. The van der Waals surface area contributed by atoms with E-state index >= 15 is 0 Å². The topological polar surface area (TPSA) is 43.8 Å². The van der Waals surface area contributed by atoms with Crippen LogP contribution < -0.4 is 4.90 Å². The summed E-state index contributed by atoms with van der Waals surface area (Å²) < 4.78 is 14.6. The van der Waals surface area contributed by atoms with Gasteiger partial charge in [0.05, 0.1) is 12.0 Å². The van der Waals surface area contributed by atoms with E-state index in [-0.39, 0.29) is 11.9 Å². The van der Waals surface area contributed by atoms with Crippen molar-refractivity contribution in [2.75, 3.05) is 32.1 Å². The molecule has 0 aliphatic carbocycles. The van der Waals surface area contributed by atoms with Crippen molar-refractivity contribution >= 4 is 11.7 Å². The first kappa shape index (κ1) is 18.4. The van der Waals surface area contributed by atoms with Gasteiger partial charge in [-0.05, 0) is 43.1 Å². The van der Waals surface area contributed by atoms with E-state index in [0.29, 0.717) is 18.5 Å². The molecule has 0 saturated carbocycles. The van der Waals surface area contributed by atoms with E-state index in [2.05, 4.69) is 4.90 Å². The molecule has 1 fully saturated rings. The summed E-state index contributed by atoms with van der Waals surface area (Å²) in [5.41, 5.74) is 2.64. The van der Waals surface area contributed by atoms with Gasteiger partial charge in [-0.2, -0.15) is 0 Å². The second kappa shape index (κ2) is 7.87. The fraction of sp³-hybridized carbons (Fsp3) is 0.381. The van der Waals surface area contributed by atoms with Crippen molar-refractivity contribution in [3.8, 4) is 0 Å². The summed E-state index contributed by atoms with van der Waals surface area (Å²) in [6.07, 6.45) is 1.48. The van der Waals surface area contributed by atoms with Crippen molar-refractivity contribution in [1.29, 1.82) is 0 Å². The second-order valence-corrected chi connectivity index (χ2v) is 7.08. The Bertz CT molecular complexity index is 761. The van der Waals surface area contributed by atoms with Crippen molar-refractivity contribution in [3.63, 3.8) is 0 Å². The van der Waals surface area contributed by atoms with Gasteiger partial charge in [0.15, 0.2) is 0 Å².